The molecule has 4 N–H and O–H groups in total. The van der Waals surface area contributed by atoms with E-state index in [4.69, 9.17) is 10.6 Å². The lowest BCUT2D eigenvalue weighted by Gasteiger charge is -2.14. The van der Waals surface area contributed by atoms with E-state index < -0.39 is 6.03 Å². The number of hydrogen-bond acceptors (Lipinski definition) is 4. The Balaban J connectivity index is 2.19. The van der Waals surface area contributed by atoms with E-state index in [1.807, 2.05) is 36.6 Å². The number of pyridine rings is 1. The number of ether oxygens (including phenoxy) is 1. The van der Waals surface area contributed by atoms with Gasteiger partial charge in [0.05, 0.1) is 11.4 Å². The highest BCUT2D eigenvalue weighted by molar-refractivity contribution is 9.10. The zero-order chi connectivity index (χ0) is 15.2. The zero-order valence-corrected chi connectivity index (χ0v) is 13.0. The molecule has 0 aliphatic carbocycles. The number of hydrogen-bond donors (Lipinski definition) is 3. The minimum Gasteiger partial charge on any atom is -0.487 e. The summed E-state index contributed by atoms with van der Waals surface area (Å²) in [6, 6.07) is 8.62. The van der Waals surface area contributed by atoms with E-state index in [9.17, 15) is 4.79 Å². The predicted molar refractivity (Wildman–Crippen MR) is 83.8 cm³/mol. The van der Waals surface area contributed by atoms with Crippen molar-refractivity contribution >= 4 is 27.6 Å². The molecule has 0 saturated carbocycles. The molecule has 2 rings (SSSR count). The molecular weight excluding hydrogens is 336 g/mol. The second-order valence-corrected chi connectivity index (χ2v) is 5.09. The fraction of sp³-hybridized carbons (Fsp3) is 0.143. The van der Waals surface area contributed by atoms with Gasteiger partial charge in [0.25, 0.3) is 0 Å². The van der Waals surface area contributed by atoms with Gasteiger partial charge in [-0.2, -0.15) is 0 Å². The van der Waals surface area contributed by atoms with Crippen LogP contribution in [0.25, 0.3) is 0 Å². The Bertz CT molecular complexity index is 649. The lowest BCUT2D eigenvalue weighted by atomic mass is 10.2. The van der Waals surface area contributed by atoms with E-state index in [1.54, 1.807) is 12.3 Å². The Kier molecular flexibility index (Phi) is 5.13. The summed E-state index contributed by atoms with van der Waals surface area (Å²) in [5.74, 6) is 5.78. The van der Waals surface area contributed by atoms with Crippen LogP contribution in [0.15, 0.2) is 41.0 Å². The van der Waals surface area contributed by atoms with Crippen molar-refractivity contribution in [1.82, 2.24) is 10.4 Å². The smallest absolute Gasteiger partial charge is 0.333 e. The molecule has 0 atom stereocenters. The first-order valence-electron chi connectivity index (χ1n) is 6.21. The first-order valence-corrected chi connectivity index (χ1v) is 7.00. The Labute approximate surface area is 130 Å². The van der Waals surface area contributed by atoms with Crippen molar-refractivity contribution in [2.24, 2.45) is 5.84 Å². The third-order valence-electron chi connectivity index (χ3n) is 2.83. The molecular formula is C14H15BrN4O2. The van der Waals surface area contributed by atoms with Gasteiger partial charge in [-0.05, 0) is 31.2 Å². The van der Waals surface area contributed by atoms with Crippen LogP contribution in [0, 0.1) is 6.92 Å². The number of benzene rings is 1. The Morgan fingerprint density at radius 1 is 1.38 bits per heavy atom. The standard InChI is InChI=1S/C14H15BrN4O2/c1-9-13(6-3-7-17-9)21-8-10-11(15)4-2-5-12(10)18-14(20)19-16/h2-7H,8,16H2,1H3,(H2,18,19,20). The van der Waals surface area contributed by atoms with E-state index in [1.165, 1.54) is 0 Å². The summed E-state index contributed by atoms with van der Waals surface area (Å²) < 4.78 is 6.60. The minimum absolute atomic E-state index is 0.286. The Hall–Kier alpha value is -2.12. The minimum atomic E-state index is -0.494. The van der Waals surface area contributed by atoms with Crippen LogP contribution < -0.4 is 21.3 Å². The highest BCUT2D eigenvalue weighted by atomic mass is 79.9. The van der Waals surface area contributed by atoms with Crippen molar-refractivity contribution in [2.75, 3.05) is 5.32 Å². The van der Waals surface area contributed by atoms with Gasteiger partial charge in [0.1, 0.15) is 12.4 Å². The number of nitrogens with one attached hydrogen (secondary N) is 2. The number of carbonyl (C=O) groups excluding carboxylic acids is 1. The van der Waals surface area contributed by atoms with Crippen LogP contribution in [-0.4, -0.2) is 11.0 Å². The summed E-state index contributed by atoms with van der Waals surface area (Å²) in [4.78, 5) is 15.5. The first-order chi connectivity index (χ1) is 10.1. The average molecular weight is 351 g/mol. The molecule has 1 aromatic carbocycles. The van der Waals surface area contributed by atoms with Crippen molar-refractivity contribution in [3.63, 3.8) is 0 Å². The van der Waals surface area contributed by atoms with Crippen molar-refractivity contribution in [1.29, 1.82) is 0 Å². The number of nitrogens with two attached hydrogens (primary N) is 1. The lowest BCUT2D eigenvalue weighted by Crippen LogP contribution is -2.34. The van der Waals surface area contributed by atoms with E-state index in [-0.39, 0.29) is 6.61 Å². The first kappa shape index (κ1) is 15.3. The summed E-state index contributed by atoms with van der Waals surface area (Å²) in [7, 11) is 0. The van der Waals surface area contributed by atoms with Gasteiger partial charge in [-0.25, -0.2) is 10.6 Å². The normalized spacial score (nSPS) is 10.0. The quantitative estimate of drug-likeness (QED) is 0.449. The third-order valence-corrected chi connectivity index (χ3v) is 3.57. The second-order valence-electron chi connectivity index (χ2n) is 4.24. The Morgan fingerprint density at radius 2 is 2.19 bits per heavy atom. The van der Waals surface area contributed by atoms with Gasteiger partial charge in [0, 0.05) is 16.2 Å². The molecule has 7 heteroatoms. The number of amides is 2. The van der Waals surface area contributed by atoms with Crippen LogP contribution >= 0.6 is 15.9 Å². The second kappa shape index (κ2) is 7.05. The van der Waals surface area contributed by atoms with Crippen LogP contribution in [0.1, 0.15) is 11.3 Å². The number of anilines is 1. The number of aromatic nitrogens is 1. The van der Waals surface area contributed by atoms with Gasteiger partial charge in [-0.15, -0.1) is 0 Å². The molecule has 1 heterocycles. The van der Waals surface area contributed by atoms with Crippen LogP contribution in [0.4, 0.5) is 10.5 Å². The number of nitrogens with zero attached hydrogens (tertiary/aromatic N) is 1. The van der Waals surface area contributed by atoms with E-state index >= 15 is 0 Å². The summed E-state index contributed by atoms with van der Waals surface area (Å²) >= 11 is 3.45. The van der Waals surface area contributed by atoms with Crippen molar-refractivity contribution in [3.8, 4) is 5.75 Å². The van der Waals surface area contributed by atoms with Gasteiger partial charge in [0.15, 0.2) is 0 Å². The lowest BCUT2D eigenvalue weighted by molar-refractivity contribution is 0.252. The molecule has 0 spiro atoms. The molecule has 0 fully saturated rings. The SMILES string of the molecule is Cc1ncccc1OCc1c(Br)cccc1NC(=O)NN. The average Bonchev–Trinajstić information content (AvgIpc) is 2.48. The number of halogens is 1. The molecule has 110 valence electrons. The Morgan fingerprint density at radius 3 is 2.90 bits per heavy atom. The van der Waals surface area contributed by atoms with Crippen LogP contribution in [0.2, 0.25) is 0 Å². The molecule has 0 aliphatic rings. The summed E-state index contributed by atoms with van der Waals surface area (Å²) in [5.41, 5.74) is 4.26. The fourth-order valence-electron chi connectivity index (χ4n) is 1.75. The van der Waals surface area contributed by atoms with Crippen molar-refractivity contribution < 1.29 is 9.53 Å². The van der Waals surface area contributed by atoms with E-state index in [2.05, 4.69) is 26.2 Å². The summed E-state index contributed by atoms with van der Waals surface area (Å²) in [6.45, 7) is 2.16. The number of rotatable bonds is 4. The van der Waals surface area contributed by atoms with Crippen LogP contribution in [0.3, 0.4) is 0 Å². The molecule has 2 aromatic rings. The molecule has 0 unspecified atom stereocenters. The maximum Gasteiger partial charge on any atom is 0.333 e. The van der Waals surface area contributed by atoms with Crippen molar-refractivity contribution in [2.45, 2.75) is 13.5 Å². The summed E-state index contributed by atoms with van der Waals surface area (Å²) in [6.07, 6.45) is 1.71. The largest absolute Gasteiger partial charge is 0.487 e. The maximum absolute atomic E-state index is 11.4. The van der Waals surface area contributed by atoms with Crippen LogP contribution in [-0.2, 0) is 6.61 Å². The number of urea groups is 1. The van der Waals surface area contributed by atoms with Gasteiger partial charge >= 0.3 is 6.03 Å². The number of aryl methyl sites for hydroxylation is 1. The number of carbonyl (C=O) groups is 1. The highest BCUT2D eigenvalue weighted by Crippen LogP contribution is 2.27. The third kappa shape index (κ3) is 3.93. The molecule has 0 aliphatic heterocycles. The molecule has 0 radical (unpaired) electrons. The number of hydrazine groups is 1. The molecule has 0 saturated heterocycles. The maximum atomic E-state index is 11.4. The van der Waals surface area contributed by atoms with Crippen LogP contribution in [0.5, 0.6) is 5.75 Å². The highest BCUT2D eigenvalue weighted by Gasteiger charge is 2.10. The molecule has 6 nitrogen and oxygen atoms in total. The molecule has 0 bridgehead atoms. The predicted octanol–water partition coefficient (Wildman–Crippen LogP) is 2.73. The van der Waals surface area contributed by atoms with Gasteiger partial charge in [-0.3, -0.25) is 10.4 Å². The fourth-order valence-corrected chi connectivity index (χ4v) is 2.23. The topological polar surface area (TPSA) is 89.3 Å². The summed E-state index contributed by atoms with van der Waals surface area (Å²) in [5, 5.41) is 2.65. The molecule has 21 heavy (non-hydrogen) atoms. The van der Waals surface area contributed by atoms with Gasteiger partial charge in [0.2, 0.25) is 0 Å². The zero-order valence-electron chi connectivity index (χ0n) is 11.4. The molecule has 2 amide bonds. The van der Waals surface area contributed by atoms with Gasteiger partial charge < -0.3 is 10.1 Å². The monoisotopic (exact) mass is 350 g/mol. The van der Waals surface area contributed by atoms with E-state index in [0.717, 1.165) is 15.7 Å². The van der Waals surface area contributed by atoms with Gasteiger partial charge in [-0.1, -0.05) is 22.0 Å². The van der Waals surface area contributed by atoms with E-state index in [0.29, 0.717) is 11.4 Å². The van der Waals surface area contributed by atoms with Crippen molar-refractivity contribution in [3.05, 3.63) is 52.3 Å². The molecule has 1 aromatic heterocycles.